The highest BCUT2D eigenvalue weighted by molar-refractivity contribution is 7.99. The Morgan fingerprint density at radius 1 is 1.32 bits per heavy atom. The summed E-state index contributed by atoms with van der Waals surface area (Å²) in [5.41, 5.74) is 2.60. The summed E-state index contributed by atoms with van der Waals surface area (Å²) in [6.45, 7) is 7.58. The van der Waals surface area contributed by atoms with Gasteiger partial charge < -0.3 is 10.4 Å². The van der Waals surface area contributed by atoms with Gasteiger partial charge in [-0.25, -0.2) is 0 Å². The van der Waals surface area contributed by atoms with Crippen molar-refractivity contribution >= 4 is 11.8 Å². The van der Waals surface area contributed by atoms with Gasteiger partial charge in [0.1, 0.15) is 0 Å². The van der Waals surface area contributed by atoms with Gasteiger partial charge in [-0.1, -0.05) is 13.0 Å². The quantitative estimate of drug-likeness (QED) is 0.752. The lowest BCUT2D eigenvalue weighted by molar-refractivity contribution is 0.161. The minimum Gasteiger partial charge on any atom is -0.394 e. The van der Waals surface area contributed by atoms with Crippen molar-refractivity contribution < 1.29 is 5.11 Å². The van der Waals surface area contributed by atoms with Crippen LogP contribution in [0.15, 0.2) is 23.1 Å². The smallest absolute Gasteiger partial charge is 0.0624 e. The molecule has 1 aromatic carbocycles. The number of aliphatic hydroxyl groups is 1. The van der Waals surface area contributed by atoms with Crippen LogP contribution in [0.1, 0.15) is 30.9 Å². The highest BCUT2D eigenvalue weighted by Gasteiger charge is 2.44. The number of hydrogen-bond acceptors (Lipinski definition) is 3. The fourth-order valence-corrected chi connectivity index (χ4v) is 3.83. The average molecular weight is 279 g/mol. The molecule has 1 unspecified atom stereocenters. The molecule has 1 atom stereocenters. The van der Waals surface area contributed by atoms with E-state index in [-0.39, 0.29) is 12.1 Å². The van der Waals surface area contributed by atoms with Gasteiger partial charge in [0.05, 0.1) is 12.1 Å². The lowest BCUT2D eigenvalue weighted by Gasteiger charge is -2.33. The predicted octanol–water partition coefficient (Wildman–Crippen LogP) is 3.15. The average Bonchev–Trinajstić information content (AvgIpc) is 3.23. The van der Waals surface area contributed by atoms with Gasteiger partial charge >= 0.3 is 0 Å². The number of rotatable bonds is 7. The van der Waals surface area contributed by atoms with Crippen LogP contribution >= 0.6 is 11.8 Å². The molecule has 1 saturated carbocycles. The van der Waals surface area contributed by atoms with Crippen LogP contribution in [0.25, 0.3) is 0 Å². The Morgan fingerprint density at radius 3 is 2.58 bits per heavy atom. The third-order valence-electron chi connectivity index (χ3n) is 4.14. The molecule has 1 aromatic rings. The molecule has 1 fully saturated rings. The van der Waals surface area contributed by atoms with Crippen LogP contribution in [-0.4, -0.2) is 29.5 Å². The third kappa shape index (κ3) is 3.53. The van der Waals surface area contributed by atoms with E-state index in [0.717, 1.165) is 12.3 Å². The van der Waals surface area contributed by atoms with Crippen molar-refractivity contribution in [1.29, 1.82) is 0 Å². The second kappa shape index (κ2) is 6.29. The standard InChI is InChI=1S/C16H25NOS/c1-4-17-16(10-18,14-6-7-14)11-19-15-8-5-12(2)13(3)9-15/h5,8-9,14,17-18H,4,6-7,10-11H2,1-3H3. The van der Waals surface area contributed by atoms with Crippen molar-refractivity contribution in [2.24, 2.45) is 5.92 Å². The molecule has 0 spiro atoms. The van der Waals surface area contributed by atoms with Crippen LogP contribution in [0.5, 0.6) is 0 Å². The molecule has 1 aliphatic rings. The fourth-order valence-electron chi connectivity index (χ4n) is 2.55. The Hall–Kier alpha value is -0.510. The van der Waals surface area contributed by atoms with Gasteiger partial charge in [-0.3, -0.25) is 0 Å². The number of hydrogen-bond donors (Lipinski definition) is 2. The van der Waals surface area contributed by atoms with Crippen LogP contribution in [0, 0.1) is 19.8 Å². The first kappa shape index (κ1) is 14.9. The molecule has 0 radical (unpaired) electrons. The molecule has 3 heteroatoms. The van der Waals surface area contributed by atoms with Crippen molar-refractivity contribution in [3.05, 3.63) is 29.3 Å². The van der Waals surface area contributed by atoms with Gasteiger partial charge in [0.25, 0.3) is 0 Å². The van der Waals surface area contributed by atoms with E-state index >= 15 is 0 Å². The Bertz CT molecular complexity index is 431. The lowest BCUT2D eigenvalue weighted by atomic mass is 9.97. The van der Waals surface area contributed by atoms with E-state index in [1.54, 1.807) is 0 Å². The number of nitrogens with one attached hydrogen (secondary N) is 1. The second-order valence-electron chi connectivity index (χ2n) is 5.65. The maximum Gasteiger partial charge on any atom is 0.0624 e. The first-order valence-corrected chi connectivity index (χ1v) is 8.16. The maximum atomic E-state index is 9.82. The van der Waals surface area contributed by atoms with Crippen molar-refractivity contribution in [2.45, 2.75) is 44.0 Å². The molecule has 0 amide bonds. The van der Waals surface area contributed by atoms with Gasteiger partial charge in [-0.05, 0) is 62.4 Å². The van der Waals surface area contributed by atoms with Gasteiger partial charge in [0, 0.05) is 10.6 Å². The van der Waals surface area contributed by atoms with E-state index in [4.69, 9.17) is 0 Å². The predicted molar refractivity (Wildman–Crippen MR) is 82.9 cm³/mol. The van der Waals surface area contributed by atoms with E-state index in [0.29, 0.717) is 5.92 Å². The molecule has 0 heterocycles. The summed E-state index contributed by atoms with van der Waals surface area (Å²) < 4.78 is 0. The molecular weight excluding hydrogens is 254 g/mol. The molecule has 106 valence electrons. The van der Waals surface area contributed by atoms with Crippen molar-refractivity contribution in [2.75, 3.05) is 18.9 Å². The highest BCUT2D eigenvalue weighted by atomic mass is 32.2. The minimum absolute atomic E-state index is 0.0851. The number of likely N-dealkylation sites (N-methyl/N-ethyl adjacent to an activating group) is 1. The summed E-state index contributed by atoms with van der Waals surface area (Å²) in [6, 6.07) is 6.62. The summed E-state index contributed by atoms with van der Waals surface area (Å²) in [6.07, 6.45) is 2.50. The Kier molecular flexibility index (Phi) is 4.93. The van der Waals surface area contributed by atoms with Crippen LogP contribution in [0.4, 0.5) is 0 Å². The van der Waals surface area contributed by atoms with Crippen LogP contribution in [0.3, 0.4) is 0 Å². The van der Waals surface area contributed by atoms with Gasteiger partial charge in [0.15, 0.2) is 0 Å². The van der Waals surface area contributed by atoms with E-state index < -0.39 is 0 Å². The van der Waals surface area contributed by atoms with Crippen LogP contribution in [-0.2, 0) is 0 Å². The van der Waals surface area contributed by atoms with Gasteiger partial charge in [0.2, 0.25) is 0 Å². The summed E-state index contributed by atoms with van der Waals surface area (Å²) >= 11 is 1.86. The number of aliphatic hydroxyl groups excluding tert-OH is 1. The molecular formula is C16H25NOS. The molecule has 2 N–H and O–H groups in total. The maximum absolute atomic E-state index is 9.82. The summed E-state index contributed by atoms with van der Waals surface area (Å²) in [5, 5.41) is 13.4. The molecule has 0 bridgehead atoms. The topological polar surface area (TPSA) is 32.3 Å². The number of benzene rings is 1. The van der Waals surface area contributed by atoms with Crippen molar-refractivity contribution in [1.82, 2.24) is 5.32 Å². The third-order valence-corrected chi connectivity index (χ3v) is 5.39. The second-order valence-corrected chi connectivity index (χ2v) is 6.70. The summed E-state index contributed by atoms with van der Waals surface area (Å²) in [5.74, 6) is 1.60. The molecule has 2 rings (SSSR count). The van der Waals surface area contributed by atoms with Crippen molar-refractivity contribution in [3.8, 4) is 0 Å². The van der Waals surface area contributed by atoms with E-state index in [2.05, 4.69) is 44.3 Å². The van der Waals surface area contributed by atoms with Crippen molar-refractivity contribution in [3.63, 3.8) is 0 Å². The first-order chi connectivity index (χ1) is 9.11. The molecule has 2 nitrogen and oxygen atoms in total. The first-order valence-electron chi connectivity index (χ1n) is 7.17. The largest absolute Gasteiger partial charge is 0.394 e. The number of thioether (sulfide) groups is 1. The molecule has 0 saturated heterocycles. The van der Waals surface area contributed by atoms with Crippen LogP contribution < -0.4 is 5.32 Å². The van der Waals surface area contributed by atoms with E-state index in [1.165, 1.54) is 28.9 Å². The zero-order chi connectivity index (χ0) is 13.9. The fraction of sp³-hybridized carbons (Fsp3) is 0.625. The van der Waals surface area contributed by atoms with E-state index in [9.17, 15) is 5.11 Å². The highest BCUT2D eigenvalue weighted by Crippen LogP contribution is 2.42. The molecule has 1 aliphatic carbocycles. The van der Waals surface area contributed by atoms with E-state index in [1.807, 2.05) is 11.8 Å². The Labute approximate surface area is 121 Å². The zero-order valence-electron chi connectivity index (χ0n) is 12.2. The Balaban J connectivity index is 2.03. The molecule has 19 heavy (non-hydrogen) atoms. The van der Waals surface area contributed by atoms with Gasteiger partial charge in [-0.15, -0.1) is 11.8 Å². The summed E-state index contributed by atoms with van der Waals surface area (Å²) in [4.78, 5) is 1.31. The molecule has 0 aromatic heterocycles. The number of aryl methyl sites for hydroxylation is 2. The minimum atomic E-state index is -0.0851. The Morgan fingerprint density at radius 2 is 2.05 bits per heavy atom. The van der Waals surface area contributed by atoms with Gasteiger partial charge in [-0.2, -0.15) is 0 Å². The molecule has 0 aliphatic heterocycles. The monoisotopic (exact) mass is 279 g/mol. The zero-order valence-corrected chi connectivity index (χ0v) is 13.0. The summed E-state index contributed by atoms with van der Waals surface area (Å²) in [7, 11) is 0. The normalized spacial score (nSPS) is 18.3. The van der Waals surface area contributed by atoms with Crippen LogP contribution in [0.2, 0.25) is 0 Å². The SMILES string of the molecule is CCNC(CO)(CSc1ccc(C)c(C)c1)C1CC1. The lowest BCUT2D eigenvalue weighted by Crippen LogP contribution is -2.52.